The molecule has 2 aromatic rings. The number of hydrogen-bond acceptors (Lipinski definition) is 3. The number of rotatable bonds is 3. The molecule has 0 fully saturated rings. The lowest BCUT2D eigenvalue weighted by atomic mass is 10.1. The number of aliphatic hydroxyl groups excluding tert-OH is 1. The smallest absolute Gasteiger partial charge is 0.254 e. The Morgan fingerprint density at radius 3 is 2.95 bits per heavy atom. The summed E-state index contributed by atoms with van der Waals surface area (Å²) < 4.78 is 18.4. The highest BCUT2D eigenvalue weighted by Crippen LogP contribution is 2.10. The first-order valence-electron chi connectivity index (χ1n) is 5.89. The molecule has 2 N–H and O–H groups in total. The average molecular weight is 273 g/mol. The minimum absolute atomic E-state index is 0.0461. The maximum absolute atomic E-state index is 13.6. The van der Waals surface area contributed by atoms with Crippen LogP contribution in [0.15, 0.2) is 41.2 Å². The van der Waals surface area contributed by atoms with Gasteiger partial charge in [-0.05, 0) is 24.3 Å². The van der Waals surface area contributed by atoms with E-state index in [2.05, 4.69) is 17.2 Å². The number of furan rings is 1. The Morgan fingerprint density at radius 1 is 1.40 bits per heavy atom. The van der Waals surface area contributed by atoms with Crippen molar-refractivity contribution < 1.29 is 18.7 Å². The van der Waals surface area contributed by atoms with E-state index in [9.17, 15) is 9.18 Å². The monoisotopic (exact) mass is 273 g/mol. The van der Waals surface area contributed by atoms with Gasteiger partial charge in [-0.1, -0.05) is 11.8 Å². The summed E-state index contributed by atoms with van der Waals surface area (Å²) in [5.41, 5.74) is 1.28. The predicted molar refractivity (Wildman–Crippen MR) is 70.2 cm³/mol. The van der Waals surface area contributed by atoms with Crippen molar-refractivity contribution in [1.82, 2.24) is 5.32 Å². The summed E-state index contributed by atoms with van der Waals surface area (Å²) in [7, 11) is 0. The maximum Gasteiger partial charge on any atom is 0.254 e. The highest BCUT2D eigenvalue weighted by atomic mass is 19.1. The van der Waals surface area contributed by atoms with E-state index >= 15 is 0 Å². The second-order valence-corrected chi connectivity index (χ2v) is 3.96. The maximum atomic E-state index is 13.6. The topological polar surface area (TPSA) is 62.5 Å². The van der Waals surface area contributed by atoms with Gasteiger partial charge in [0.1, 0.15) is 18.7 Å². The fraction of sp³-hybridized carbons (Fsp3) is 0.133. The van der Waals surface area contributed by atoms with Crippen LogP contribution in [0.5, 0.6) is 0 Å². The van der Waals surface area contributed by atoms with Crippen LogP contribution in [-0.2, 0) is 6.54 Å². The first-order valence-corrected chi connectivity index (χ1v) is 5.89. The van der Waals surface area contributed by atoms with Crippen LogP contribution in [0.2, 0.25) is 0 Å². The van der Waals surface area contributed by atoms with Crippen LogP contribution >= 0.6 is 0 Å². The van der Waals surface area contributed by atoms with Crippen LogP contribution in [0.4, 0.5) is 4.39 Å². The lowest BCUT2D eigenvalue weighted by molar-refractivity contribution is 0.0950. The summed E-state index contributed by atoms with van der Waals surface area (Å²) in [4.78, 5) is 11.7. The predicted octanol–water partition coefficient (Wildman–Crippen LogP) is 1.69. The Kier molecular flexibility index (Phi) is 4.53. The molecule has 4 nitrogen and oxygen atoms in total. The number of aliphatic hydroxyl groups is 1. The fourth-order valence-electron chi connectivity index (χ4n) is 1.60. The van der Waals surface area contributed by atoms with E-state index in [0.29, 0.717) is 16.7 Å². The average Bonchev–Trinajstić information content (AvgIpc) is 2.99. The van der Waals surface area contributed by atoms with Gasteiger partial charge in [-0.15, -0.1) is 0 Å². The summed E-state index contributed by atoms with van der Waals surface area (Å²) >= 11 is 0. The number of halogens is 1. The van der Waals surface area contributed by atoms with Crippen LogP contribution in [0.1, 0.15) is 21.5 Å². The molecule has 1 amide bonds. The second kappa shape index (κ2) is 6.55. The molecule has 1 aromatic heterocycles. The van der Waals surface area contributed by atoms with E-state index in [4.69, 9.17) is 9.52 Å². The zero-order valence-electron chi connectivity index (χ0n) is 10.5. The van der Waals surface area contributed by atoms with Gasteiger partial charge in [0.15, 0.2) is 0 Å². The Bertz CT molecular complexity index is 653. The molecule has 0 aliphatic rings. The number of benzene rings is 1. The van der Waals surface area contributed by atoms with Gasteiger partial charge in [0, 0.05) is 17.7 Å². The third-order valence-corrected chi connectivity index (χ3v) is 2.58. The molecule has 2 rings (SSSR count). The van der Waals surface area contributed by atoms with Crippen LogP contribution in [0, 0.1) is 17.7 Å². The third-order valence-electron chi connectivity index (χ3n) is 2.58. The SMILES string of the molecule is O=C(NCc1cc(C#CCO)ccc1F)c1ccoc1. The van der Waals surface area contributed by atoms with Crippen LogP contribution in [0.3, 0.4) is 0 Å². The van der Waals surface area contributed by atoms with Crippen molar-refractivity contribution in [2.75, 3.05) is 6.61 Å². The quantitative estimate of drug-likeness (QED) is 0.837. The van der Waals surface area contributed by atoms with E-state index in [1.807, 2.05) is 0 Å². The molecule has 102 valence electrons. The third kappa shape index (κ3) is 3.46. The van der Waals surface area contributed by atoms with E-state index in [-0.39, 0.29) is 19.1 Å². The zero-order chi connectivity index (χ0) is 14.4. The van der Waals surface area contributed by atoms with E-state index in [1.54, 1.807) is 0 Å². The van der Waals surface area contributed by atoms with Gasteiger partial charge >= 0.3 is 0 Å². The van der Waals surface area contributed by atoms with Gasteiger partial charge in [-0.3, -0.25) is 4.79 Å². The van der Waals surface area contributed by atoms with Crippen LogP contribution < -0.4 is 5.32 Å². The van der Waals surface area contributed by atoms with Gasteiger partial charge in [0.2, 0.25) is 0 Å². The van der Waals surface area contributed by atoms with Crippen molar-refractivity contribution in [3.8, 4) is 11.8 Å². The molecule has 20 heavy (non-hydrogen) atoms. The van der Waals surface area contributed by atoms with E-state index in [0.717, 1.165) is 0 Å². The van der Waals surface area contributed by atoms with E-state index in [1.165, 1.54) is 36.8 Å². The minimum Gasteiger partial charge on any atom is -0.472 e. The highest BCUT2D eigenvalue weighted by molar-refractivity contribution is 5.93. The van der Waals surface area contributed by atoms with Crippen molar-refractivity contribution in [3.63, 3.8) is 0 Å². The van der Waals surface area contributed by atoms with Crippen molar-refractivity contribution in [1.29, 1.82) is 0 Å². The number of hydrogen-bond donors (Lipinski definition) is 2. The van der Waals surface area contributed by atoms with Crippen molar-refractivity contribution in [2.24, 2.45) is 0 Å². The Balaban J connectivity index is 2.07. The lowest BCUT2D eigenvalue weighted by Crippen LogP contribution is -2.22. The van der Waals surface area contributed by atoms with E-state index < -0.39 is 5.82 Å². The molecule has 0 aliphatic carbocycles. The number of amides is 1. The molecule has 0 aliphatic heterocycles. The number of carbonyl (C=O) groups is 1. The molecule has 0 atom stereocenters. The standard InChI is InChI=1S/C15H12FNO3/c16-14-4-3-11(2-1-6-18)8-13(14)9-17-15(19)12-5-7-20-10-12/h3-5,7-8,10,18H,6,9H2,(H,17,19). The van der Waals surface area contributed by atoms with Gasteiger partial charge in [0.25, 0.3) is 5.91 Å². The van der Waals surface area contributed by atoms with Crippen molar-refractivity contribution >= 4 is 5.91 Å². The molecule has 0 bridgehead atoms. The van der Waals surface area contributed by atoms with Crippen LogP contribution in [0.25, 0.3) is 0 Å². The minimum atomic E-state index is -0.424. The summed E-state index contributed by atoms with van der Waals surface area (Å²) in [6.07, 6.45) is 2.70. The molecule has 1 aromatic carbocycles. The molecule has 0 saturated carbocycles. The van der Waals surface area contributed by atoms with Gasteiger partial charge in [-0.2, -0.15) is 0 Å². The number of carbonyl (C=O) groups excluding carboxylic acids is 1. The normalized spacial score (nSPS) is 9.70. The molecular weight excluding hydrogens is 261 g/mol. The lowest BCUT2D eigenvalue weighted by Gasteiger charge is -2.05. The van der Waals surface area contributed by atoms with Crippen molar-refractivity contribution in [2.45, 2.75) is 6.54 Å². The second-order valence-electron chi connectivity index (χ2n) is 3.96. The molecule has 0 saturated heterocycles. The Labute approximate surface area is 115 Å². The van der Waals surface area contributed by atoms with Gasteiger partial charge in [-0.25, -0.2) is 4.39 Å². The Hall–Kier alpha value is -2.58. The fourth-order valence-corrected chi connectivity index (χ4v) is 1.60. The molecule has 0 unspecified atom stereocenters. The van der Waals surface area contributed by atoms with Crippen molar-refractivity contribution in [3.05, 3.63) is 59.3 Å². The summed E-state index contributed by atoms with van der Waals surface area (Å²) in [5, 5.41) is 11.2. The first kappa shape index (κ1) is 13.8. The summed E-state index contributed by atoms with van der Waals surface area (Å²) in [5.74, 6) is 4.40. The number of nitrogens with one attached hydrogen (secondary N) is 1. The molecule has 0 radical (unpaired) electrons. The van der Waals surface area contributed by atoms with Gasteiger partial charge in [0.05, 0.1) is 11.8 Å². The summed E-state index contributed by atoms with van der Waals surface area (Å²) in [6, 6.07) is 5.85. The highest BCUT2D eigenvalue weighted by Gasteiger charge is 2.08. The molecule has 1 heterocycles. The Morgan fingerprint density at radius 2 is 2.25 bits per heavy atom. The first-order chi connectivity index (χ1) is 9.70. The van der Waals surface area contributed by atoms with Gasteiger partial charge < -0.3 is 14.8 Å². The summed E-state index contributed by atoms with van der Waals surface area (Å²) in [6.45, 7) is -0.214. The molecule has 5 heteroatoms. The molecule has 0 spiro atoms. The zero-order valence-corrected chi connectivity index (χ0v) is 10.5. The van der Waals surface area contributed by atoms with Crippen LogP contribution in [-0.4, -0.2) is 17.6 Å². The largest absolute Gasteiger partial charge is 0.472 e. The molecular formula is C15H12FNO3.